The molecule has 2 aromatic rings. The van der Waals surface area contributed by atoms with E-state index in [1.807, 2.05) is 0 Å². The minimum atomic E-state index is 0.108. The van der Waals surface area contributed by atoms with Gasteiger partial charge in [-0.3, -0.25) is 4.79 Å². The molecule has 0 atom stereocenters. The van der Waals surface area contributed by atoms with Crippen LogP contribution in [0, 0.1) is 13.8 Å². The Bertz CT molecular complexity index is 756. The van der Waals surface area contributed by atoms with Crippen LogP contribution in [0.5, 0.6) is 0 Å². The molecule has 0 aliphatic carbocycles. The van der Waals surface area contributed by atoms with Crippen LogP contribution >= 0.6 is 11.8 Å². The summed E-state index contributed by atoms with van der Waals surface area (Å²) in [7, 11) is 0. The number of nitrogens with zero attached hydrogens (tertiary/aromatic N) is 3. The molecule has 0 spiro atoms. The maximum absolute atomic E-state index is 12.1. The van der Waals surface area contributed by atoms with Gasteiger partial charge in [-0.15, -0.1) is 22.0 Å². The average Bonchev–Trinajstić information content (AvgIpc) is 2.85. The van der Waals surface area contributed by atoms with Crippen LogP contribution in [0.25, 0.3) is 0 Å². The molecule has 1 aromatic heterocycles. The van der Waals surface area contributed by atoms with E-state index in [0.29, 0.717) is 13.0 Å². The Hall–Kier alpha value is -1.82. The highest BCUT2D eigenvalue weighted by Crippen LogP contribution is 2.21. The van der Waals surface area contributed by atoms with E-state index in [0.717, 1.165) is 36.8 Å². The third kappa shape index (κ3) is 5.10. The minimum absolute atomic E-state index is 0.108. The molecule has 0 fully saturated rings. The smallest absolute Gasteiger partial charge is 0.220 e. The molecule has 0 saturated carbocycles. The van der Waals surface area contributed by atoms with Gasteiger partial charge in [0.15, 0.2) is 0 Å². The predicted molar refractivity (Wildman–Crippen MR) is 106 cm³/mol. The average molecular weight is 373 g/mol. The van der Waals surface area contributed by atoms with E-state index < -0.39 is 0 Å². The number of benzene rings is 1. The van der Waals surface area contributed by atoms with E-state index in [-0.39, 0.29) is 5.91 Å². The van der Waals surface area contributed by atoms with Gasteiger partial charge in [-0.25, -0.2) is 0 Å². The number of hydrogen-bond donors (Lipinski definition) is 1. The molecule has 1 aliphatic rings. The Balaban J connectivity index is 1.38. The summed E-state index contributed by atoms with van der Waals surface area (Å²) in [5, 5.41) is 11.6. The molecular weight excluding hydrogens is 344 g/mol. The Kier molecular flexibility index (Phi) is 6.72. The molecule has 26 heavy (non-hydrogen) atoms. The number of rotatable bonds is 7. The zero-order valence-corrected chi connectivity index (χ0v) is 16.6. The molecule has 0 saturated heterocycles. The van der Waals surface area contributed by atoms with Gasteiger partial charge in [0.2, 0.25) is 5.91 Å². The first-order valence-corrected chi connectivity index (χ1v) is 10.5. The first-order valence-electron chi connectivity index (χ1n) is 9.51. The fourth-order valence-electron chi connectivity index (χ4n) is 3.20. The van der Waals surface area contributed by atoms with Gasteiger partial charge in [0, 0.05) is 43.0 Å². The second kappa shape index (κ2) is 9.21. The van der Waals surface area contributed by atoms with E-state index in [1.54, 1.807) is 11.8 Å². The highest BCUT2D eigenvalue weighted by atomic mass is 32.2. The Morgan fingerprint density at radius 2 is 2.08 bits per heavy atom. The number of aromatic nitrogens is 3. The van der Waals surface area contributed by atoms with E-state index in [9.17, 15) is 4.79 Å². The van der Waals surface area contributed by atoms with Gasteiger partial charge < -0.3 is 9.88 Å². The molecule has 0 radical (unpaired) electrons. The van der Waals surface area contributed by atoms with Crippen LogP contribution in [0.15, 0.2) is 23.1 Å². The lowest BCUT2D eigenvalue weighted by Crippen LogP contribution is -2.26. The van der Waals surface area contributed by atoms with Gasteiger partial charge in [0.05, 0.1) is 0 Å². The molecule has 1 aliphatic heterocycles. The van der Waals surface area contributed by atoms with Crippen molar-refractivity contribution in [2.24, 2.45) is 0 Å². The van der Waals surface area contributed by atoms with Gasteiger partial charge in [0.1, 0.15) is 11.6 Å². The van der Waals surface area contributed by atoms with Crippen molar-refractivity contribution in [1.29, 1.82) is 0 Å². The molecule has 3 rings (SSSR count). The summed E-state index contributed by atoms with van der Waals surface area (Å²) in [5.41, 5.74) is 2.60. The fourth-order valence-corrected chi connectivity index (χ4v) is 4.15. The van der Waals surface area contributed by atoms with Crippen molar-refractivity contribution < 1.29 is 4.79 Å². The molecular formula is C20H28N4OS. The normalized spacial score (nSPS) is 13.9. The van der Waals surface area contributed by atoms with Gasteiger partial charge in [-0.1, -0.05) is 12.5 Å². The lowest BCUT2D eigenvalue weighted by Gasteiger charge is -2.08. The fraction of sp³-hybridized carbons (Fsp3) is 0.550. The largest absolute Gasteiger partial charge is 0.356 e. The lowest BCUT2D eigenvalue weighted by molar-refractivity contribution is -0.120. The van der Waals surface area contributed by atoms with Crippen molar-refractivity contribution in [3.63, 3.8) is 0 Å². The number of amides is 1. The zero-order valence-electron chi connectivity index (χ0n) is 15.8. The number of carbonyl (C=O) groups excluding carboxylic acids is 1. The van der Waals surface area contributed by atoms with Crippen molar-refractivity contribution in [3.05, 3.63) is 41.0 Å². The Labute approximate surface area is 160 Å². The van der Waals surface area contributed by atoms with E-state index >= 15 is 0 Å². The highest BCUT2D eigenvalue weighted by Gasteiger charge is 2.14. The maximum atomic E-state index is 12.1. The molecule has 6 heteroatoms. The first-order chi connectivity index (χ1) is 12.6. The summed E-state index contributed by atoms with van der Waals surface area (Å²) in [6, 6.07) is 6.45. The van der Waals surface area contributed by atoms with Crippen molar-refractivity contribution in [3.8, 4) is 0 Å². The SMILES string of the molecule is Cc1ccc(SCCC(=O)NCCc2nnc3n2CCCCC3)cc1C. The molecule has 1 aromatic carbocycles. The van der Waals surface area contributed by atoms with E-state index in [1.165, 1.54) is 35.3 Å². The zero-order chi connectivity index (χ0) is 18.4. The summed E-state index contributed by atoms with van der Waals surface area (Å²) in [6.07, 6.45) is 5.97. The molecule has 5 nitrogen and oxygen atoms in total. The van der Waals surface area contributed by atoms with Crippen molar-refractivity contribution >= 4 is 17.7 Å². The summed E-state index contributed by atoms with van der Waals surface area (Å²) < 4.78 is 2.24. The first kappa shape index (κ1) is 19.0. The Morgan fingerprint density at radius 1 is 1.19 bits per heavy atom. The summed E-state index contributed by atoms with van der Waals surface area (Å²) in [5.74, 6) is 3.02. The van der Waals surface area contributed by atoms with Gasteiger partial charge in [0.25, 0.3) is 0 Å². The number of aryl methyl sites for hydroxylation is 3. The molecule has 2 heterocycles. The molecule has 0 bridgehead atoms. The lowest BCUT2D eigenvalue weighted by atomic mass is 10.1. The second-order valence-electron chi connectivity index (χ2n) is 6.94. The van der Waals surface area contributed by atoms with Crippen molar-refractivity contribution in [1.82, 2.24) is 20.1 Å². The summed E-state index contributed by atoms with van der Waals surface area (Å²) in [6.45, 7) is 5.88. The van der Waals surface area contributed by atoms with Crippen LogP contribution in [-0.4, -0.2) is 33.0 Å². The summed E-state index contributed by atoms with van der Waals surface area (Å²) in [4.78, 5) is 13.3. The summed E-state index contributed by atoms with van der Waals surface area (Å²) >= 11 is 1.74. The quantitative estimate of drug-likeness (QED) is 0.756. The van der Waals surface area contributed by atoms with Gasteiger partial charge in [-0.2, -0.15) is 0 Å². The number of carbonyl (C=O) groups is 1. The molecule has 1 amide bonds. The topological polar surface area (TPSA) is 59.8 Å². The molecule has 1 N–H and O–H groups in total. The van der Waals surface area contributed by atoms with E-state index in [4.69, 9.17) is 0 Å². The number of fused-ring (bicyclic) bond motifs is 1. The van der Waals surface area contributed by atoms with Crippen molar-refractivity contribution in [2.75, 3.05) is 12.3 Å². The van der Waals surface area contributed by atoms with Crippen LogP contribution in [0.1, 0.15) is 48.5 Å². The second-order valence-corrected chi connectivity index (χ2v) is 8.11. The standard InChI is InChI=1S/C20H28N4OS/c1-15-7-8-17(14-16(15)2)26-13-10-20(25)21-11-9-19-23-22-18-6-4-3-5-12-24(18)19/h7-8,14H,3-6,9-13H2,1-2H3,(H,21,25). The third-order valence-electron chi connectivity index (χ3n) is 4.93. The number of hydrogen-bond acceptors (Lipinski definition) is 4. The van der Waals surface area contributed by atoms with Crippen LogP contribution in [-0.2, 0) is 24.2 Å². The Morgan fingerprint density at radius 3 is 2.92 bits per heavy atom. The molecule has 140 valence electrons. The van der Waals surface area contributed by atoms with E-state index in [2.05, 4.69) is 52.1 Å². The van der Waals surface area contributed by atoms with Crippen molar-refractivity contribution in [2.45, 2.75) is 63.8 Å². The highest BCUT2D eigenvalue weighted by molar-refractivity contribution is 7.99. The van der Waals surface area contributed by atoms with Crippen LogP contribution < -0.4 is 5.32 Å². The van der Waals surface area contributed by atoms with Crippen LogP contribution in [0.2, 0.25) is 0 Å². The van der Waals surface area contributed by atoms with Crippen LogP contribution in [0.4, 0.5) is 0 Å². The number of thioether (sulfide) groups is 1. The third-order valence-corrected chi connectivity index (χ3v) is 5.93. The van der Waals surface area contributed by atoms with Crippen LogP contribution in [0.3, 0.4) is 0 Å². The minimum Gasteiger partial charge on any atom is -0.356 e. The monoisotopic (exact) mass is 372 g/mol. The van der Waals surface area contributed by atoms with Gasteiger partial charge >= 0.3 is 0 Å². The predicted octanol–water partition coefficient (Wildman–Crippen LogP) is 3.46. The molecule has 0 unspecified atom stereocenters. The van der Waals surface area contributed by atoms with Gasteiger partial charge in [-0.05, 0) is 49.9 Å². The number of nitrogens with one attached hydrogen (secondary N) is 1. The maximum Gasteiger partial charge on any atom is 0.220 e.